The maximum absolute atomic E-state index is 13.4. The smallest absolute Gasteiger partial charge is 0.231 e. The van der Waals surface area contributed by atoms with Crippen molar-refractivity contribution in [3.8, 4) is 17.2 Å². The summed E-state index contributed by atoms with van der Waals surface area (Å²) < 4.78 is 16.2. The molecule has 120 valence electrons. The summed E-state index contributed by atoms with van der Waals surface area (Å²) in [4.78, 5) is 18.0. The largest absolute Gasteiger partial charge is 0.497 e. The van der Waals surface area contributed by atoms with Crippen molar-refractivity contribution in [1.82, 2.24) is 0 Å². The number of Topliss-reactive ketones (excluding diaryl/α,β-unsaturated/α-hetero) is 1. The molecule has 5 heteroatoms. The molecule has 0 saturated carbocycles. The van der Waals surface area contributed by atoms with Gasteiger partial charge in [-0.25, -0.2) is 0 Å². The number of carbonyl (C=O) groups is 1. The van der Waals surface area contributed by atoms with Gasteiger partial charge in [-0.3, -0.25) is 9.79 Å². The molecule has 0 N–H and O–H groups in total. The van der Waals surface area contributed by atoms with E-state index in [0.717, 1.165) is 28.3 Å². The van der Waals surface area contributed by atoms with Crippen molar-refractivity contribution in [1.29, 1.82) is 0 Å². The van der Waals surface area contributed by atoms with Gasteiger partial charge in [0, 0.05) is 16.8 Å². The van der Waals surface area contributed by atoms with Gasteiger partial charge in [0.2, 0.25) is 6.79 Å². The van der Waals surface area contributed by atoms with Gasteiger partial charge < -0.3 is 14.2 Å². The van der Waals surface area contributed by atoms with Crippen LogP contribution in [0.5, 0.6) is 17.2 Å². The van der Waals surface area contributed by atoms with E-state index in [1.807, 2.05) is 31.2 Å². The number of methoxy groups -OCH3 is 1. The normalized spacial score (nSPS) is 22.6. The predicted octanol–water partition coefficient (Wildman–Crippen LogP) is 3.21. The summed E-state index contributed by atoms with van der Waals surface area (Å²) in [5, 5.41) is 0. The van der Waals surface area contributed by atoms with E-state index in [2.05, 4.69) is 4.99 Å². The highest BCUT2D eigenvalue weighted by molar-refractivity contribution is 6.26. The zero-order chi connectivity index (χ0) is 16.5. The number of nitrogens with zero attached hydrogens (tertiary/aromatic N) is 1. The van der Waals surface area contributed by atoms with Crippen molar-refractivity contribution in [2.45, 2.75) is 18.8 Å². The Kier molecular flexibility index (Phi) is 2.48. The molecule has 0 amide bonds. The number of benzene rings is 2. The SMILES string of the molecule is COc1ccc2c(c1)C1(Cc3cc4c(cc3C1=O)OCO4)C(C)=N2. The predicted molar refractivity (Wildman–Crippen MR) is 88.0 cm³/mol. The van der Waals surface area contributed by atoms with E-state index in [1.54, 1.807) is 13.2 Å². The van der Waals surface area contributed by atoms with Gasteiger partial charge in [0.25, 0.3) is 0 Å². The number of fused-ring (bicyclic) bond motifs is 4. The maximum Gasteiger partial charge on any atom is 0.231 e. The fourth-order valence-corrected chi connectivity index (χ4v) is 4.00. The van der Waals surface area contributed by atoms with E-state index < -0.39 is 5.41 Å². The summed E-state index contributed by atoms with van der Waals surface area (Å²) in [6.07, 6.45) is 0.591. The van der Waals surface area contributed by atoms with Crippen molar-refractivity contribution in [2.24, 2.45) is 4.99 Å². The van der Waals surface area contributed by atoms with E-state index in [0.29, 0.717) is 23.5 Å². The number of hydrogen-bond donors (Lipinski definition) is 0. The molecule has 0 aromatic heterocycles. The second-order valence-electron chi connectivity index (χ2n) is 6.35. The van der Waals surface area contributed by atoms with Crippen LogP contribution in [0.25, 0.3) is 0 Å². The molecule has 5 rings (SSSR count). The Morgan fingerprint density at radius 3 is 2.75 bits per heavy atom. The van der Waals surface area contributed by atoms with Crippen molar-refractivity contribution in [2.75, 3.05) is 13.9 Å². The highest BCUT2D eigenvalue weighted by Crippen LogP contribution is 2.51. The second kappa shape index (κ2) is 4.38. The van der Waals surface area contributed by atoms with E-state index in [1.165, 1.54) is 0 Å². The Hall–Kier alpha value is -2.82. The Morgan fingerprint density at radius 1 is 1.17 bits per heavy atom. The molecule has 2 aromatic rings. The zero-order valence-corrected chi connectivity index (χ0v) is 13.4. The van der Waals surface area contributed by atoms with Crippen molar-refractivity contribution in [3.63, 3.8) is 0 Å². The third-order valence-corrected chi connectivity index (χ3v) is 5.26. The summed E-state index contributed by atoms with van der Waals surface area (Å²) in [5.74, 6) is 2.15. The summed E-state index contributed by atoms with van der Waals surface area (Å²) in [7, 11) is 1.63. The third kappa shape index (κ3) is 1.49. The third-order valence-electron chi connectivity index (χ3n) is 5.26. The van der Waals surface area contributed by atoms with Crippen LogP contribution in [0.3, 0.4) is 0 Å². The minimum Gasteiger partial charge on any atom is -0.497 e. The quantitative estimate of drug-likeness (QED) is 0.809. The minimum atomic E-state index is -0.735. The van der Waals surface area contributed by atoms with Crippen LogP contribution in [0.2, 0.25) is 0 Å². The lowest BCUT2D eigenvalue weighted by Gasteiger charge is -2.23. The molecule has 2 aromatic carbocycles. The van der Waals surface area contributed by atoms with E-state index in [9.17, 15) is 4.79 Å². The standard InChI is InChI=1S/C19H15NO4/c1-10-19(14-6-12(22-2)3-4-15(14)20-10)8-11-5-16-17(24-9-23-16)7-13(11)18(19)21/h3-7H,8-9H2,1-2H3. The second-order valence-corrected chi connectivity index (χ2v) is 6.35. The first-order valence-corrected chi connectivity index (χ1v) is 7.85. The van der Waals surface area contributed by atoms with Crippen LogP contribution < -0.4 is 14.2 Å². The number of carbonyl (C=O) groups excluding carboxylic acids is 1. The van der Waals surface area contributed by atoms with Crippen LogP contribution in [0.15, 0.2) is 35.3 Å². The van der Waals surface area contributed by atoms with Crippen LogP contribution in [-0.2, 0) is 11.8 Å². The van der Waals surface area contributed by atoms with Crippen LogP contribution in [0.1, 0.15) is 28.4 Å². The lowest BCUT2D eigenvalue weighted by atomic mass is 9.74. The van der Waals surface area contributed by atoms with Gasteiger partial charge in [-0.05, 0) is 49.2 Å². The van der Waals surface area contributed by atoms with Gasteiger partial charge in [0.1, 0.15) is 11.2 Å². The Balaban J connectivity index is 1.71. The Morgan fingerprint density at radius 2 is 1.96 bits per heavy atom. The molecular formula is C19H15NO4. The van der Waals surface area contributed by atoms with Crippen LogP contribution in [0.4, 0.5) is 5.69 Å². The number of rotatable bonds is 1. The summed E-state index contributed by atoms with van der Waals surface area (Å²) in [6.45, 7) is 2.13. The first-order chi connectivity index (χ1) is 11.6. The lowest BCUT2D eigenvalue weighted by molar-refractivity contribution is 0.0946. The molecule has 1 atom stereocenters. The van der Waals surface area contributed by atoms with Gasteiger partial charge in [0.05, 0.1) is 12.8 Å². The molecule has 1 aliphatic carbocycles. The van der Waals surface area contributed by atoms with E-state index in [4.69, 9.17) is 14.2 Å². The minimum absolute atomic E-state index is 0.0732. The van der Waals surface area contributed by atoms with Gasteiger partial charge in [-0.2, -0.15) is 0 Å². The van der Waals surface area contributed by atoms with Gasteiger partial charge in [-0.15, -0.1) is 0 Å². The van der Waals surface area contributed by atoms with Crippen molar-refractivity contribution >= 4 is 17.2 Å². The molecule has 0 radical (unpaired) electrons. The summed E-state index contributed by atoms with van der Waals surface area (Å²) >= 11 is 0. The first-order valence-electron chi connectivity index (χ1n) is 7.85. The molecule has 24 heavy (non-hydrogen) atoms. The fraction of sp³-hybridized carbons (Fsp3) is 0.263. The van der Waals surface area contributed by atoms with Crippen LogP contribution >= 0.6 is 0 Å². The van der Waals surface area contributed by atoms with Gasteiger partial charge in [0.15, 0.2) is 17.3 Å². The van der Waals surface area contributed by atoms with Gasteiger partial charge >= 0.3 is 0 Å². The van der Waals surface area contributed by atoms with Crippen LogP contribution in [-0.4, -0.2) is 25.4 Å². The van der Waals surface area contributed by atoms with Crippen molar-refractivity contribution in [3.05, 3.63) is 47.0 Å². The van der Waals surface area contributed by atoms with E-state index >= 15 is 0 Å². The number of hydrogen-bond acceptors (Lipinski definition) is 5. The molecule has 5 nitrogen and oxygen atoms in total. The number of ketones is 1. The molecule has 1 unspecified atom stereocenters. The molecule has 0 bridgehead atoms. The monoisotopic (exact) mass is 321 g/mol. The summed E-state index contributed by atoms with van der Waals surface area (Å²) in [5.41, 5.74) is 3.53. The zero-order valence-electron chi connectivity index (χ0n) is 13.4. The highest BCUT2D eigenvalue weighted by atomic mass is 16.7. The molecule has 3 aliphatic rings. The molecule has 2 heterocycles. The number of aliphatic imine (C=N–C) groups is 1. The molecule has 0 fully saturated rings. The lowest BCUT2D eigenvalue weighted by Crippen LogP contribution is -2.38. The van der Waals surface area contributed by atoms with Crippen LogP contribution in [0, 0.1) is 0 Å². The fourth-order valence-electron chi connectivity index (χ4n) is 4.00. The van der Waals surface area contributed by atoms with Crippen molar-refractivity contribution < 1.29 is 19.0 Å². The molecule has 2 aliphatic heterocycles. The van der Waals surface area contributed by atoms with E-state index in [-0.39, 0.29) is 12.6 Å². The topological polar surface area (TPSA) is 57.1 Å². The Labute approximate surface area is 138 Å². The summed E-state index contributed by atoms with van der Waals surface area (Å²) in [6, 6.07) is 9.45. The molecular weight excluding hydrogens is 306 g/mol. The molecule has 0 saturated heterocycles. The highest BCUT2D eigenvalue weighted by Gasteiger charge is 2.53. The maximum atomic E-state index is 13.4. The van der Waals surface area contributed by atoms with Gasteiger partial charge in [-0.1, -0.05) is 0 Å². The number of ether oxygens (including phenoxy) is 3. The average Bonchev–Trinajstić information content (AvgIpc) is 3.23. The first kappa shape index (κ1) is 13.6. The molecule has 1 spiro atoms. The Bertz CT molecular complexity index is 947. The average molecular weight is 321 g/mol.